The SMILES string of the molecule is C=C(Cl)COc1ccc([N+](=O)[O-])cc1Cl. The van der Waals surface area contributed by atoms with Crippen molar-refractivity contribution >= 4 is 28.9 Å². The molecule has 0 aliphatic rings. The van der Waals surface area contributed by atoms with Crippen LogP contribution in [0, 0.1) is 10.1 Å². The molecule has 0 heterocycles. The summed E-state index contributed by atoms with van der Waals surface area (Å²) < 4.78 is 5.15. The Morgan fingerprint density at radius 1 is 1.60 bits per heavy atom. The average molecular weight is 248 g/mol. The zero-order valence-electron chi connectivity index (χ0n) is 7.57. The lowest BCUT2D eigenvalue weighted by Gasteiger charge is -2.05. The minimum Gasteiger partial charge on any atom is -0.486 e. The van der Waals surface area contributed by atoms with Crippen LogP contribution in [0.5, 0.6) is 5.75 Å². The van der Waals surface area contributed by atoms with E-state index in [2.05, 4.69) is 6.58 Å². The van der Waals surface area contributed by atoms with Gasteiger partial charge in [-0.05, 0) is 6.07 Å². The number of nitrogens with zero attached hydrogens (tertiary/aromatic N) is 1. The fourth-order valence-corrected chi connectivity index (χ4v) is 1.16. The Hall–Kier alpha value is -1.26. The van der Waals surface area contributed by atoms with Crippen molar-refractivity contribution in [1.29, 1.82) is 0 Å². The van der Waals surface area contributed by atoms with E-state index in [0.717, 1.165) is 0 Å². The zero-order chi connectivity index (χ0) is 11.4. The van der Waals surface area contributed by atoms with Crippen LogP contribution in [0.25, 0.3) is 0 Å². The van der Waals surface area contributed by atoms with Gasteiger partial charge in [-0.25, -0.2) is 0 Å². The predicted octanol–water partition coefficient (Wildman–Crippen LogP) is 3.38. The van der Waals surface area contributed by atoms with Gasteiger partial charge in [0.15, 0.2) is 0 Å². The molecule has 0 spiro atoms. The molecule has 1 aromatic rings. The summed E-state index contributed by atoms with van der Waals surface area (Å²) >= 11 is 11.2. The van der Waals surface area contributed by atoms with Crippen molar-refractivity contribution in [2.24, 2.45) is 0 Å². The number of nitro benzene ring substituents is 1. The van der Waals surface area contributed by atoms with Crippen molar-refractivity contribution in [2.45, 2.75) is 0 Å². The first kappa shape index (κ1) is 11.8. The van der Waals surface area contributed by atoms with E-state index in [4.69, 9.17) is 27.9 Å². The summed E-state index contributed by atoms with van der Waals surface area (Å²) in [6.07, 6.45) is 0. The molecule has 0 unspecified atom stereocenters. The van der Waals surface area contributed by atoms with Crippen molar-refractivity contribution in [1.82, 2.24) is 0 Å². The van der Waals surface area contributed by atoms with Gasteiger partial charge < -0.3 is 4.74 Å². The number of ether oxygens (including phenoxy) is 1. The van der Waals surface area contributed by atoms with Crippen LogP contribution in [0.2, 0.25) is 5.02 Å². The molecule has 1 aromatic carbocycles. The molecule has 0 aliphatic heterocycles. The second kappa shape index (κ2) is 5.00. The molecule has 0 N–H and O–H groups in total. The second-order valence-electron chi connectivity index (χ2n) is 2.68. The molecule has 4 nitrogen and oxygen atoms in total. The maximum absolute atomic E-state index is 10.4. The van der Waals surface area contributed by atoms with E-state index in [1.807, 2.05) is 0 Å². The Balaban J connectivity index is 2.83. The fraction of sp³-hybridized carbons (Fsp3) is 0.111. The third-order valence-corrected chi connectivity index (χ3v) is 1.92. The highest BCUT2D eigenvalue weighted by Gasteiger charge is 2.10. The second-order valence-corrected chi connectivity index (χ2v) is 3.62. The van der Waals surface area contributed by atoms with Gasteiger partial charge >= 0.3 is 0 Å². The van der Waals surface area contributed by atoms with E-state index >= 15 is 0 Å². The van der Waals surface area contributed by atoms with Gasteiger partial charge in [0.2, 0.25) is 0 Å². The number of benzene rings is 1. The van der Waals surface area contributed by atoms with Crippen LogP contribution < -0.4 is 4.74 Å². The molecule has 0 aliphatic carbocycles. The highest BCUT2D eigenvalue weighted by Crippen LogP contribution is 2.28. The lowest BCUT2D eigenvalue weighted by Crippen LogP contribution is -1.97. The number of hydrogen-bond acceptors (Lipinski definition) is 3. The largest absolute Gasteiger partial charge is 0.486 e. The lowest BCUT2D eigenvalue weighted by atomic mass is 10.3. The topological polar surface area (TPSA) is 52.4 Å². The molecule has 80 valence electrons. The minimum atomic E-state index is -0.532. The first-order valence-corrected chi connectivity index (χ1v) is 4.66. The molecular formula is C9H7Cl2NO3. The van der Waals surface area contributed by atoms with Crippen LogP contribution in [-0.4, -0.2) is 11.5 Å². The van der Waals surface area contributed by atoms with Gasteiger partial charge in [0.05, 0.1) is 9.95 Å². The molecule has 0 amide bonds. The Bertz CT molecular complexity index is 406. The highest BCUT2D eigenvalue weighted by atomic mass is 35.5. The fourth-order valence-electron chi connectivity index (χ4n) is 0.876. The van der Waals surface area contributed by atoms with Crippen molar-refractivity contribution in [3.8, 4) is 5.75 Å². The molecule has 0 saturated heterocycles. The van der Waals surface area contributed by atoms with Crippen molar-refractivity contribution in [3.63, 3.8) is 0 Å². The molecule has 0 bridgehead atoms. The van der Waals surface area contributed by atoms with E-state index in [0.29, 0.717) is 10.8 Å². The van der Waals surface area contributed by atoms with Gasteiger partial charge in [-0.1, -0.05) is 29.8 Å². The first-order chi connectivity index (χ1) is 7.00. The Labute approximate surface area is 96.2 Å². The number of nitro groups is 1. The highest BCUT2D eigenvalue weighted by molar-refractivity contribution is 6.32. The van der Waals surface area contributed by atoms with Gasteiger partial charge in [0.1, 0.15) is 12.4 Å². The molecule has 1 rings (SSSR count). The molecule has 15 heavy (non-hydrogen) atoms. The van der Waals surface area contributed by atoms with Gasteiger partial charge in [-0.3, -0.25) is 10.1 Å². The van der Waals surface area contributed by atoms with Crippen LogP contribution in [0.15, 0.2) is 29.8 Å². The summed E-state index contributed by atoms with van der Waals surface area (Å²) in [7, 11) is 0. The van der Waals surface area contributed by atoms with Crippen LogP contribution in [0.4, 0.5) is 5.69 Å². The molecule has 0 aromatic heterocycles. The summed E-state index contributed by atoms with van der Waals surface area (Å²) in [6, 6.07) is 3.94. The quantitative estimate of drug-likeness (QED) is 0.606. The zero-order valence-corrected chi connectivity index (χ0v) is 9.09. The maximum atomic E-state index is 10.4. The Morgan fingerprint density at radius 2 is 2.27 bits per heavy atom. The van der Waals surface area contributed by atoms with Crippen LogP contribution >= 0.6 is 23.2 Å². The standard InChI is InChI=1S/C9H7Cl2NO3/c1-6(10)5-15-9-3-2-7(12(13)14)4-8(9)11/h2-4H,1,5H2. The van der Waals surface area contributed by atoms with Crippen molar-refractivity contribution < 1.29 is 9.66 Å². The molecule has 0 fully saturated rings. The first-order valence-electron chi connectivity index (χ1n) is 3.90. The Morgan fingerprint density at radius 3 is 2.73 bits per heavy atom. The summed E-state index contributed by atoms with van der Waals surface area (Å²) in [6.45, 7) is 3.54. The number of halogens is 2. The predicted molar refractivity (Wildman–Crippen MR) is 58.6 cm³/mol. The molecule has 0 atom stereocenters. The summed E-state index contributed by atoms with van der Waals surface area (Å²) in [5.41, 5.74) is -0.0861. The van der Waals surface area contributed by atoms with Crippen LogP contribution in [0.3, 0.4) is 0 Å². The van der Waals surface area contributed by atoms with Crippen LogP contribution in [0.1, 0.15) is 0 Å². The van der Waals surface area contributed by atoms with Gasteiger partial charge in [0.25, 0.3) is 5.69 Å². The van der Waals surface area contributed by atoms with E-state index in [1.165, 1.54) is 18.2 Å². The number of hydrogen-bond donors (Lipinski definition) is 0. The molecule has 0 saturated carbocycles. The van der Waals surface area contributed by atoms with E-state index in [1.54, 1.807) is 0 Å². The van der Waals surface area contributed by atoms with Gasteiger partial charge in [-0.2, -0.15) is 0 Å². The third kappa shape index (κ3) is 3.42. The summed E-state index contributed by atoms with van der Waals surface area (Å²) in [5.74, 6) is 0.337. The van der Waals surface area contributed by atoms with Gasteiger partial charge in [0, 0.05) is 17.2 Å². The number of non-ortho nitro benzene ring substituents is 1. The summed E-state index contributed by atoms with van der Waals surface area (Å²) in [5, 5.41) is 10.9. The Kier molecular flexibility index (Phi) is 3.94. The third-order valence-electron chi connectivity index (χ3n) is 1.51. The smallest absolute Gasteiger partial charge is 0.271 e. The van der Waals surface area contributed by atoms with E-state index in [-0.39, 0.29) is 17.3 Å². The van der Waals surface area contributed by atoms with Crippen molar-refractivity contribution in [3.05, 3.63) is 44.9 Å². The normalized spacial score (nSPS) is 9.73. The number of rotatable bonds is 4. The van der Waals surface area contributed by atoms with Gasteiger partial charge in [-0.15, -0.1) is 0 Å². The lowest BCUT2D eigenvalue weighted by molar-refractivity contribution is -0.384. The summed E-state index contributed by atoms with van der Waals surface area (Å²) in [4.78, 5) is 9.87. The molecule has 6 heteroatoms. The molecule has 0 radical (unpaired) electrons. The minimum absolute atomic E-state index is 0.0861. The maximum Gasteiger partial charge on any atom is 0.271 e. The van der Waals surface area contributed by atoms with Crippen LogP contribution in [-0.2, 0) is 0 Å². The van der Waals surface area contributed by atoms with E-state index in [9.17, 15) is 10.1 Å². The molecular weight excluding hydrogens is 241 g/mol. The monoisotopic (exact) mass is 247 g/mol. The van der Waals surface area contributed by atoms with Crippen molar-refractivity contribution in [2.75, 3.05) is 6.61 Å². The van der Waals surface area contributed by atoms with E-state index < -0.39 is 4.92 Å². The average Bonchev–Trinajstić information content (AvgIpc) is 2.15.